The molecule has 4 heterocycles. The molecule has 0 radical (unpaired) electrons. The van der Waals surface area contributed by atoms with Gasteiger partial charge in [0.2, 0.25) is 0 Å². The lowest BCUT2D eigenvalue weighted by atomic mass is 9.86. The first-order chi connectivity index (χ1) is 15.3. The van der Waals surface area contributed by atoms with Gasteiger partial charge < -0.3 is 19.1 Å². The van der Waals surface area contributed by atoms with Gasteiger partial charge in [-0.15, -0.1) is 0 Å². The molecular weight excluding hydrogens is 408 g/mol. The summed E-state index contributed by atoms with van der Waals surface area (Å²) < 4.78 is 12.8. The van der Waals surface area contributed by atoms with Crippen molar-refractivity contribution in [3.05, 3.63) is 56.4 Å². The molecule has 1 N–H and O–H groups in total. The Bertz CT molecular complexity index is 1450. The van der Waals surface area contributed by atoms with E-state index in [-0.39, 0.29) is 24.7 Å². The Morgan fingerprint density at radius 1 is 1.22 bits per heavy atom. The van der Waals surface area contributed by atoms with E-state index in [1.807, 2.05) is 32.1 Å². The molecule has 0 saturated heterocycles. The summed E-state index contributed by atoms with van der Waals surface area (Å²) in [6.07, 6.45) is 4.27. The Morgan fingerprint density at radius 3 is 2.75 bits per heavy atom. The number of rotatable bonds is 3. The van der Waals surface area contributed by atoms with E-state index in [1.165, 1.54) is 0 Å². The van der Waals surface area contributed by atoms with Gasteiger partial charge in [0.25, 0.3) is 5.56 Å². The van der Waals surface area contributed by atoms with Crippen LogP contribution in [0.1, 0.15) is 55.0 Å². The van der Waals surface area contributed by atoms with Crippen molar-refractivity contribution < 1.29 is 19.4 Å². The summed E-state index contributed by atoms with van der Waals surface area (Å²) in [6.45, 7) is 5.94. The van der Waals surface area contributed by atoms with Crippen molar-refractivity contribution in [3.8, 4) is 17.1 Å². The maximum Gasteiger partial charge on any atom is 0.343 e. The molecule has 1 aromatic carbocycles. The molecule has 3 aliphatic rings. The summed E-state index contributed by atoms with van der Waals surface area (Å²) in [4.78, 5) is 30.6. The van der Waals surface area contributed by atoms with Crippen LogP contribution in [0.5, 0.6) is 5.75 Å². The summed E-state index contributed by atoms with van der Waals surface area (Å²) in [5.74, 6) is 0.0986. The van der Waals surface area contributed by atoms with Crippen LogP contribution in [0, 0.1) is 0 Å². The van der Waals surface area contributed by atoms with Crippen molar-refractivity contribution in [2.75, 3.05) is 0 Å². The Morgan fingerprint density at radius 2 is 2.00 bits per heavy atom. The standard InChI is InChI=1S/C25H22N2O5/c1-4-25(30)17-9-19-22-15(10-27(19)23(28)16(17)11-31-24(25)29)13-5-6-14-20(32-12(2)3)8-7-18(26-22)21(13)14/h5-9,12,30H,4,10-11H2,1-3H3/t25-/m0/s1. The minimum absolute atomic E-state index is 0.0555. The van der Waals surface area contributed by atoms with Crippen LogP contribution in [0.25, 0.3) is 34.4 Å². The summed E-state index contributed by atoms with van der Waals surface area (Å²) in [5, 5.41) is 12.0. The van der Waals surface area contributed by atoms with E-state index < -0.39 is 11.6 Å². The summed E-state index contributed by atoms with van der Waals surface area (Å²) in [7, 11) is 0. The van der Waals surface area contributed by atoms with Crippen molar-refractivity contribution in [1.29, 1.82) is 0 Å². The molecular formula is C25H22N2O5. The van der Waals surface area contributed by atoms with E-state index in [0.29, 0.717) is 29.1 Å². The first-order valence-corrected chi connectivity index (χ1v) is 10.8. The fourth-order valence-corrected chi connectivity index (χ4v) is 5.09. The molecule has 0 saturated carbocycles. The average Bonchev–Trinajstić information content (AvgIpc) is 3.36. The number of cyclic esters (lactones) is 1. The van der Waals surface area contributed by atoms with Gasteiger partial charge in [-0.2, -0.15) is 0 Å². The third kappa shape index (κ3) is 2.31. The van der Waals surface area contributed by atoms with Crippen LogP contribution in [0.2, 0.25) is 0 Å². The van der Waals surface area contributed by atoms with Gasteiger partial charge in [0.05, 0.1) is 35.1 Å². The zero-order chi connectivity index (χ0) is 22.4. The normalized spacial score (nSPS) is 19.8. The molecule has 7 nitrogen and oxygen atoms in total. The van der Waals surface area contributed by atoms with Gasteiger partial charge >= 0.3 is 5.97 Å². The van der Waals surface area contributed by atoms with Crippen LogP contribution in [0.4, 0.5) is 0 Å². The Balaban J connectivity index is 1.61. The van der Waals surface area contributed by atoms with Crippen LogP contribution in [0.15, 0.2) is 23.0 Å². The maximum atomic E-state index is 13.4. The van der Waals surface area contributed by atoms with Crippen molar-refractivity contribution in [2.45, 2.75) is 52.0 Å². The van der Waals surface area contributed by atoms with Crippen LogP contribution in [0.3, 0.4) is 0 Å². The number of carbonyl (C=O) groups excluding carboxylic acids is 1. The lowest BCUT2D eigenvalue weighted by Gasteiger charge is -2.31. The van der Waals surface area contributed by atoms with Crippen molar-refractivity contribution in [3.63, 3.8) is 0 Å². The first kappa shape index (κ1) is 19.3. The van der Waals surface area contributed by atoms with Gasteiger partial charge in [0.15, 0.2) is 5.60 Å². The van der Waals surface area contributed by atoms with Gasteiger partial charge in [-0.1, -0.05) is 13.0 Å². The summed E-state index contributed by atoms with van der Waals surface area (Å²) >= 11 is 0. The number of nitrogens with zero attached hydrogens (tertiary/aromatic N) is 2. The molecule has 0 bridgehead atoms. The number of carbonyl (C=O) groups is 1. The molecule has 1 aliphatic carbocycles. The number of pyridine rings is 2. The van der Waals surface area contributed by atoms with Gasteiger partial charge in [-0.3, -0.25) is 4.79 Å². The van der Waals surface area contributed by atoms with Crippen LogP contribution >= 0.6 is 0 Å². The Labute approximate surface area is 183 Å². The largest absolute Gasteiger partial charge is 0.490 e. The second-order valence-electron chi connectivity index (χ2n) is 8.83. The van der Waals surface area contributed by atoms with Gasteiger partial charge in [0.1, 0.15) is 12.4 Å². The molecule has 7 heteroatoms. The average molecular weight is 430 g/mol. The highest BCUT2D eigenvalue weighted by Gasteiger charge is 2.45. The number of fused-ring (bicyclic) bond motifs is 5. The minimum atomic E-state index is -1.82. The van der Waals surface area contributed by atoms with Gasteiger partial charge in [0, 0.05) is 22.1 Å². The highest BCUT2D eigenvalue weighted by atomic mass is 16.6. The van der Waals surface area contributed by atoms with Gasteiger partial charge in [-0.25, -0.2) is 9.78 Å². The van der Waals surface area contributed by atoms with E-state index in [0.717, 1.165) is 33.3 Å². The van der Waals surface area contributed by atoms with E-state index in [9.17, 15) is 14.7 Å². The zero-order valence-corrected chi connectivity index (χ0v) is 18.1. The quantitative estimate of drug-likeness (QED) is 0.442. The van der Waals surface area contributed by atoms with Crippen LogP contribution in [-0.4, -0.2) is 26.7 Å². The molecule has 3 aromatic rings. The summed E-state index contributed by atoms with van der Waals surface area (Å²) in [5.41, 5.74) is 3.72. The predicted octanol–water partition coefficient (Wildman–Crippen LogP) is 3.35. The van der Waals surface area contributed by atoms with Crippen molar-refractivity contribution in [1.82, 2.24) is 9.55 Å². The SMILES string of the molecule is CC[C@@]1(O)C(=O)OCc2c1cc1n(c2=O)Cc2c-1nc1ccc(OC(C)C)c3c1c2C=C3. The smallest absolute Gasteiger partial charge is 0.343 e. The minimum Gasteiger partial charge on any atom is -0.490 e. The molecule has 0 amide bonds. The molecule has 2 aliphatic heterocycles. The number of ether oxygens (including phenoxy) is 2. The number of benzene rings is 1. The van der Waals surface area contributed by atoms with E-state index in [4.69, 9.17) is 14.5 Å². The topological polar surface area (TPSA) is 90.7 Å². The zero-order valence-electron chi connectivity index (χ0n) is 18.1. The molecule has 0 spiro atoms. The fraction of sp³-hybridized carbons (Fsp3) is 0.320. The number of hydrogen-bond donors (Lipinski definition) is 1. The molecule has 0 unspecified atom stereocenters. The second kappa shape index (κ2) is 6.29. The summed E-state index contributed by atoms with van der Waals surface area (Å²) in [6, 6.07) is 5.61. The molecule has 1 atom stereocenters. The lowest BCUT2D eigenvalue weighted by molar-refractivity contribution is -0.172. The number of hydrogen-bond acceptors (Lipinski definition) is 6. The molecule has 6 rings (SSSR count). The van der Waals surface area contributed by atoms with Gasteiger partial charge in [-0.05, 0) is 50.1 Å². The number of aromatic nitrogens is 2. The third-order valence-corrected chi connectivity index (χ3v) is 6.68. The third-order valence-electron chi connectivity index (χ3n) is 6.68. The molecule has 162 valence electrons. The lowest BCUT2D eigenvalue weighted by Crippen LogP contribution is -2.44. The van der Waals surface area contributed by atoms with E-state index >= 15 is 0 Å². The van der Waals surface area contributed by atoms with Crippen molar-refractivity contribution in [2.24, 2.45) is 0 Å². The molecule has 0 fully saturated rings. The monoisotopic (exact) mass is 430 g/mol. The highest BCUT2D eigenvalue weighted by molar-refractivity contribution is 6.07. The second-order valence-corrected chi connectivity index (χ2v) is 8.83. The Kier molecular flexibility index (Phi) is 3.79. The van der Waals surface area contributed by atoms with Crippen LogP contribution < -0.4 is 10.3 Å². The van der Waals surface area contributed by atoms with Crippen LogP contribution in [-0.2, 0) is 28.3 Å². The first-order valence-electron chi connectivity index (χ1n) is 10.8. The number of aliphatic hydroxyl groups is 1. The maximum absolute atomic E-state index is 13.4. The number of esters is 1. The fourth-order valence-electron chi connectivity index (χ4n) is 5.09. The highest BCUT2D eigenvalue weighted by Crippen LogP contribution is 2.44. The van der Waals surface area contributed by atoms with E-state index in [1.54, 1.807) is 17.6 Å². The van der Waals surface area contributed by atoms with Crippen molar-refractivity contribution >= 4 is 29.0 Å². The molecule has 2 aromatic heterocycles. The molecule has 32 heavy (non-hydrogen) atoms. The Hall–Kier alpha value is -3.45. The predicted molar refractivity (Wildman–Crippen MR) is 119 cm³/mol. The van der Waals surface area contributed by atoms with E-state index in [2.05, 4.69) is 6.08 Å².